The van der Waals surface area contributed by atoms with E-state index in [4.69, 9.17) is 0 Å². The molecular weight excluding hydrogens is 306 g/mol. The van der Waals surface area contributed by atoms with Crippen LogP contribution < -0.4 is 16.0 Å². The summed E-state index contributed by atoms with van der Waals surface area (Å²) in [5.41, 5.74) is 1.26. The van der Waals surface area contributed by atoms with Crippen molar-refractivity contribution in [1.82, 2.24) is 5.32 Å². The van der Waals surface area contributed by atoms with Crippen molar-refractivity contribution in [2.24, 2.45) is 0 Å². The number of amides is 2. The maximum atomic E-state index is 11.8. The Hall–Kier alpha value is -1.93. The van der Waals surface area contributed by atoms with E-state index in [2.05, 4.69) is 16.0 Å². The molecule has 2 amide bonds. The zero-order chi connectivity index (χ0) is 16.2. The second kappa shape index (κ2) is 6.89. The molecule has 0 saturated carbocycles. The van der Waals surface area contributed by atoms with Crippen LogP contribution in [0.5, 0.6) is 0 Å². The molecule has 1 aliphatic heterocycles. The zero-order valence-corrected chi connectivity index (χ0v) is 13.1. The predicted molar refractivity (Wildman–Crippen MR) is 84.4 cm³/mol. The van der Waals surface area contributed by atoms with Crippen molar-refractivity contribution in [2.45, 2.75) is 19.4 Å². The van der Waals surface area contributed by atoms with E-state index in [-0.39, 0.29) is 35.9 Å². The summed E-state index contributed by atoms with van der Waals surface area (Å²) < 4.78 is 22.6. The predicted octanol–water partition coefficient (Wildman–Crippen LogP) is 0.360. The Labute approximate surface area is 129 Å². The molecule has 1 saturated heterocycles. The van der Waals surface area contributed by atoms with Crippen molar-refractivity contribution in [3.63, 3.8) is 0 Å². The average molecular weight is 325 g/mol. The summed E-state index contributed by atoms with van der Waals surface area (Å²) in [7, 11) is -2.95. The minimum atomic E-state index is -2.95. The number of hydrogen-bond acceptors (Lipinski definition) is 5. The maximum absolute atomic E-state index is 11.8. The van der Waals surface area contributed by atoms with Gasteiger partial charge in [-0.3, -0.25) is 9.59 Å². The van der Waals surface area contributed by atoms with Crippen LogP contribution in [0.15, 0.2) is 24.3 Å². The number of benzene rings is 1. The van der Waals surface area contributed by atoms with Gasteiger partial charge in [-0.05, 0) is 30.7 Å². The molecule has 1 aromatic carbocycles. The molecule has 1 fully saturated rings. The summed E-state index contributed by atoms with van der Waals surface area (Å²) in [6.45, 7) is 1.48. The van der Waals surface area contributed by atoms with Gasteiger partial charge in [0.1, 0.15) is 0 Å². The lowest BCUT2D eigenvalue weighted by Gasteiger charge is -2.11. The van der Waals surface area contributed by atoms with E-state index in [1.54, 1.807) is 24.3 Å². The molecule has 1 atom stereocenters. The fourth-order valence-electron chi connectivity index (χ4n) is 2.24. The van der Waals surface area contributed by atoms with Gasteiger partial charge in [-0.1, -0.05) is 0 Å². The van der Waals surface area contributed by atoms with E-state index in [1.165, 1.54) is 6.92 Å². The van der Waals surface area contributed by atoms with Crippen molar-refractivity contribution >= 4 is 33.0 Å². The van der Waals surface area contributed by atoms with Gasteiger partial charge in [-0.25, -0.2) is 8.42 Å². The van der Waals surface area contributed by atoms with Crippen LogP contribution >= 0.6 is 0 Å². The highest BCUT2D eigenvalue weighted by molar-refractivity contribution is 7.91. The highest BCUT2D eigenvalue weighted by atomic mass is 32.2. The first-order valence-electron chi connectivity index (χ1n) is 6.95. The van der Waals surface area contributed by atoms with E-state index < -0.39 is 9.84 Å². The summed E-state index contributed by atoms with van der Waals surface area (Å²) >= 11 is 0. The molecule has 2 rings (SSSR count). The van der Waals surface area contributed by atoms with Crippen LogP contribution in [0.4, 0.5) is 11.4 Å². The van der Waals surface area contributed by atoms with E-state index in [0.717, 1.165) is 0 Å². The molecule has 0 aromatic heterocycles. The van der Waals surface area contributed by atoms with Crippen molar-refractivity contribution in [3.8, 4) is 0 Å². The van der Waals surface area contributed by atoms with Crippen molar-refractivity contribution in [1.29, 1.82) is 0 Å². The van der Waals surface area contributed by atoms with Crippen LogP contribution in [0.3, 0.4) is 0 Å². The van der Waals surface area contributed by atoms with Crippen LogP contribution in [0, 0.1) is 0 Å². The van der Waals surface area contributed by atoms with E-state index >= 15 is 0 Å². The third-order valence-electron chi connectivity index (χ3n) is 3.27. The maximum Gasteiger partial charge on any atom is 0.238 e. The van der Waals surface area contributed by atoms with Crippen LogP contribution in [0.25, 0.3) is 0 Å². The zero-order valence-electron chi connectivity index (χ0n) is 12.3. The number of rotatable bonds is 5. The SMILES string of the molecule is CC(=O)Nc1ccc(NC(=O)CNC2CCS(=O)(=O)C2)cc1. The van der Waals surface area contributed by atoms with Gasteiger partial charge in [0.2, 0.25) is 11.8 Å². The Bertz CT molecular complexity index is 655. The number of hydrogen-bond donors (Lipinski definition) is 3. The number of nitrogens with one attached hydrogen (secondary N) is 3. The molecule has 7 nitrogen and oxygen atoms in total. The first-order valence-corrected chi connectivity index (χ1v) is 8.77. The highest BCUT2D eigenvalue weighted by Gasteiger charge is 2.27. The quantitative estimate of drug-likeness (QED) is 0.725. The normalized spacial score (nSPS) is 19.6. The summed E-state index contributed by atoms with van der Waals surface area (Å²) in [5, 5.41) is 8.28. The van der Waals surface area contributed by atoms with Gasteiger partial charge in [0.15, 0.2) is 9.84 Å². The molecule has 120 valence electrons. The highest BCUT2D eigenvalue weighted by Crippen LogP contribution is 2.14. The van der Waals surface area contributed by atoms with E-state index in [9.17, 15) is 18.0 Å². The second-order valence-electron chi connectivity index (χ2n) is 5.29. The van der Waals surface area contributed by atoms with Crippen LogP contribution in [-0.2, 0) is 19.4 Å². The largest absolute Gasteiger partial charge is 0.326 e. The summed E-state index contributed by atoms with van der Waals surface area (Å²) in [4.78, 5) is 22.7. The molecule has 0 spiro atoms. The molecule has 1 unspecified atom stereocenters. The van der Waals surface area contributed by atoms with Crippen molar-refractivity contribution in [2.75, 3.05) is 28.7 Å². The Kier molecular flexibility index (Phi) is 5.15. The van der Waals surface area contributed by atoms with Gasteiger partial charge in [0.05, 0.1) is 18.1 Å². The van der Waals surface area contributed by atoms with Gasteiger partial charge in [0.25, 0.3) is 0 Å². The van der Waals surface area contributed by atoms with Gasteiger partial charge < -0.3 is 16.0 Å². The Morgan fingerprint density at radius 2 is 1.73 bits per heavy atom. The monoisotopic (exact) mass is 325 g/mol. The number of sulfone groups is 1. The topological polar surface area (TPSA) is 104 Å². The first kappa shape index (κ1) is 16.4. The summed E-state index contributed by atoms with van der Waals surface area (Å²) in [6.07, 6.45) is 0.543. The third kappa shape index (κ3) is 5.12. The number of carbonyl (C=O) groups is 2. The third-order valence-corrected chi connectivity index (χ3v) is 5.04. The molecule has 0 bridgehead atoms. The fraction of sp³-hybridized carbons (Fsp3) is 0.429. The number of carbonyl (C=O) groups excluding carboxylic acids is 2. The Morgan fingerprint density at radius 3 is 2.23 bits per heavy atom. The van der Waals surface area contributed by atoms with Gasteiger partial charge >= 0.3 is 0 Å². The van der Waals surface area contributed by atoms with Crippen LogP contribution in [0.1, 0.15) is 13.3 Å². The van der Waals surface area contributed by atoms with Gasteiger partial charge in [-0.15, -0.1) is 0 Å². The van der Waals surface area contributed by atoms with Crippen molar-refractivity contribution in [3.05, 3.63) is 24.3 Å². The van der Waals surface area contributed by atoms with E-state index in [0.29, 0.717) is 17.8 Å². The summed E-state index contributed by atoms with van der Waals surface area (Å²) in [6, 6.07) is 6.59. The number of anilines is 2. The lowest BCUT2D eigenvalue weighted by molar-refractivity contribution is -0.115. The second-order valence-corrected chi connectivity index (χ2v) is 7.52. The van der Waals surface area contributed by atoms with Crippen LogP contribution in [-0.4, -0.2) is 44.3 Å². The molecular formula is C14H19N3O4S. The first-order chi connectivity index (χ1) is 10.3. The lowest BCUT2D eigenvalue weighted by Crippen LogP contribution is -2.36. The lowest BCUT2D eigenvalue weighted by atomic mass is 10.2. The molecule has 0 aliphatic carbocycles. The smallest absolute Gasteiger partial charge is 0.238 e. The average Bonchev–Trinajstić information content (AvgIpc) is 2.78. The molecule has 1 aliphatic rings. The van der Waals surface area contributed by atoms with E-state index in [1.807, 2.05) is 0 Å². The molecule has 8 heteroatoms. The molecule has 0 radical (unpaired) electrons. The Morgan fingerprint density at radius 1 is 1.14 bits per heavy atom. The molecule has 1 heterocycles. The fourth-order valence-corrected chi connectivity index (χ4v) is 3.95. The van der Waals surface area contributed by atoms with Gasteiger partial charge in [0, 0.05) is 24.3 Å². The standard InChI is InChI=1S/C14H19N3O4S/c1-10(18)16-11-2-4-12(5-3-11)17-14(19)8-15-13-6-7-22(20,21)9-13/h2-5,13,15H,6-9H2,1H3,(H,16,18)(H,17,19). The minimum Gasteiger partial charge on any atom is -0.326 e. The molecule has 3 N–H and O–H groups in total. The van der Waals surface area contributed by atoms with Gasteiger partial charge in [-0.2, -0.15) is 0 Å². The van der Waals surface area contributed by atoms with Crippen molar-refractivity contribution < 1.29 is 18.0 Å². The minimum absolute atomic E-state index is 0.0631. The molecule has 1 aromatic rings. The Balaban J connectivity index is 1.78. The summed E-state index contributed by atoms with van der Waals surface area (Å²) in [5.74, 6) is -0.133. The van der Waals surface area contributed by atoms with Crippen LogP contribution in [0.2, 0.25) is 0 Å². The molecule has 22 heavy (non-hydrogen) atoms.